The lowest BCUT2D eigenvalue weighted by molar-refractivity contribution is 0.122. The Labute approximate surface area is 305 Å². The number of carbonyl (C=O) groups excluding carboxylic acids is 1. The molecule has 0 bridgehead atoms. The number of urea groups is 1. The number of piperazine rings is 1. The van der Waals surface area contributed by atoms with Crippen molar-refractivity contribution in [2.75, 3.05) is 51.3 Å². The van der Waals surface area contributed by atoms with Crippen molar-refractivity contribution < 1.29 is 22.2 Å². The third-order valence-corrected chi connectivity index (χ3v) is 11.7. The molecule has 5 rings (SSSR count). The Morgan fingerprint density at radius 2 is 1.57 bits per heavy atom. The minimum absolute atomic E-state index is 0.0237. The Kier molecular flexibility index (Phi) is 12.3. The summed E-state index contributed by atoms with van der Waals surface area (Å²) in [5, 5.41) is 1.07. The number of hydrogen-bond acceptors (Lipinski definition) is 7. The maximum absolute atomic E-state index is 14.9. The molecule has 2 amide bonds. The molecule has 15 heteroatoms. The van der Waals surface area contributed by atoms with Crippen molar-refractivity contribution in [1.29, 1.82) is 0 Å². The standard InChI is InChI=1S/C34H40Cl3N5O5S2/c1-5-47-29-21-28(37)30(49(45,46)39-22(2)3)20-27(29)33-38-31(23-6-10-25(35)11-7-23)32(24-8-12-26(36)13-9-24)42(33)34(43)41-16-14-40(15-17-41)18-19-48(4)44/h6-13,20-22,31-32,39H,5,14-19H2,1-4H3/t31-,32+,48?/m0/s1. The van der Waals surface area contributed by atoms with E-state index in [4.69, 9.17) is 44.5 Å². The first-order valence-electron chi connectivity index (χ1n) is 16.0. The van der Waals surface area contributed by atoms with Crippen molar-refractivity contribution in [2.45, 2.75) is 43.8 Å². The van der Waals surface area contributed by atoms with Gasteiger partial charge in [-0.15, -0.1) is 0 Å². The van der Waals surface area contributed by atoms with E-state index < -0.39 is 38.9 Å². The van der Waals surface area contributed by atoms with Gasteiger partial charge in [-0.2, -0.15) is 0 Å². The molecule has 1 saturated heterocycles. The van der Waals surface area contributed by atoms with Crippen LogP contribution >= 0.6 is 34.8 Å². The molecule has 3 atom stereocenters. The summed E-state index contributed by atoms with van der Waals surface area (Å²) in [4.78, 5) is 25.5. The highest BCUT2D eigenvalue weighted by molar-refractivity contribution is 7.89. The van der Waals surface area contributed by atoms with E-state index in [2.05, 4.69) is 9.62 Å². The molecule has 0 aromatic heterocycles. The Morgan fingerprint density at radius 1 is 0.980 bits per heavy atom. The normalized spacial score (nSPS) is 19.3. The van der Waals surface area contributed by atoms with E-state index in [0.29, 0.717) is 54.1 Å². The molecule has 3 aromatic rings. The molecule has 0 aliphatic carbocycles. The van der Waals surface area contributed by atoms with Crippen LogP contribution in [0.4, 0.5) is 4.79 Å². The molecule has 0 radical (unpaired) electrons. The van der Waals surface area contributed by atoms with Crippen molar-refractivity contribution in [3.05, 3.63) is 92.4 Å². The van der Waals surface area contributed by atoms with E-state index in [1.165, 1.54) is 12.1 Å². The average Bonchev–Trinajstić information content (AvgIpc) is 3.44. The van der Waals surface area contributed by atoms with Gasteiger partial charge >= 0.3 is 6.03 Å². The van der Waals surface area contributed by atoms with Crippen molar-refractivity contribution >= 4 is 67.5 Å². The maximum Gasteiger partial charge on any atom is 0.326 e. The smallest absolute Gasteiger partial charge is 0.326 e. The molecular formula is C34H40Cl3N5O5S2. The van der Waals surface area contributed by atoms with Crippen molar-refractivity contribution in [3.63, 3.8) is 0 Å². The lowest BCUT2D eigenvalue weighted by Crippen LogP contribution is -2.54. The lowest BCUT2D eigenvalue weighted by atomic mass is 9.93. The molecule has 49 heavy (non-hydrogen) atoms. The second kappa shape index (κ2) is 16.1. The number of hydrogen-bond donors (Lipinski definition) is 1. The number of sulfonamides is 1. The van der Waals surface area contributed by atoms with Crippen LogP contribution < -0.4 is 9.46 Å². The maximum atomic E-state index is 14.9. The first-order valence-corrected chi connectivity index (χ1v) is 20.3. The Balaban J connectivity index is 1.68. The zero-order valence-electron chi connectivity index (χ0n) is 27.7. The number of rotatable bonds is 11. The van der Waals surface area contributed by atoms with Crippen LogP contribution in [0.25, 0.3) is 0 Å². The summed E-state index contributed by atoms with van der Waals surface area (Å²) in [6, 6.07) is 15.5. The number of ether oxygens (including phenoxy) is 1. The van der Waals surface area contributed by atoms with Gasteiger partial charge in [0.05, 0.1) is 23.2 Å². The van der Waals surface area contributed by atoms with Gasteiger partial charge in [0.25, 0.3) is 0 Å². The Hall–Kier alpha value is -2.71. The van der Waals surface area contributed by atoms with E-state index in [1.54, 1.807) is 54.2 Å². The van der Waals surface area contributed by atoms with Gasteiger partial charge in [0, 0.05) is 77.7 Å². The van der Waals surface area contributed by atoms with E-state index in [-0.39, 0.29) is 34.1 Å². The van der Waals surface area contributed by atoms with Crippen molar-refractivity contribution in [1.82, 2.24) is 19.4 Å². The molecule has 2 heterocycles. The molecule has 1 fully saturated rings. The summed E-state index contributed by atoms with van der Waals surface area (Å²) in [7, 11) is -4.97. The predicted octanol–water partition coefficient (Wildman–Crippen LogP) is 6.39. The first-order chi connectivity index (χ1) is 23.3. The topological polar surface area (TPSA) is 112 Å². The summed E-state index contributed by atoms with van der Waals surface area (Å²) in [5.41, 5.74) is 1.89. The summed E-state index contributed by atoms with van der Waals surface area (Å²) in [6.45, 7) is 8.29. The fourth-order valence-corrected chi connectivity index (χ4v) is 8.55. The van der Waals surface area contributed by atoms with E-state index in [1.807, 2.05) is 31.2 Å². The minimum Gasteiger partial charge on any atom is -0.493 e. The fraction of sp³-hybridized carbons (Fsp3) is 0.412. The fourth-order valence-electron chi connectivity index (χ4n) is 5.99. The number of nitrogens with zero attached hydrogens (tertiary/aromatic N) is 4. The Bertz CT molecular complexity index is 1820. The highest BCUT2D eigenvalue weighted by atomic mass is 35.5. The molecule has 0 spiro atoms. The predicted molar refractivity (Wildman–Crippen MR) is 197 cm³/mol. The monoisotopic (exact) mass is 767 g/mol. The third kappa shape index (κ3) is 8.79. The number of amides is 2. The van der Waals surface area contributed by atoms with Crippen LogP contribution in [0.2, 0.25) is 15.1 Å². The third-order valence-electron chi connectivity index (χ3n) is 8.29. The lowest BCUT2D eigenvalue weighted by Gasteiger charge is -2.39. The second-order valence-corrected chi connectivity index (χ2v) is 16.7. The number of halogens is 3. The summed E-state index contributed by atoms with van der Waals surface area (Å²) >= 11 is 19.2. The number of carbonyl (C=O) groups is 1. The molecule has 1 unspecified atom stereocenters. The summed E-state index contributed by atoms with van der Waals surface area (Å²) in [6.07, 6.45) is 1.69. The molecule has 2 aliphatic heterocycles. The first kappa shape index (κ1) is 37.5. The zero-order valence-corrected chi connectivity index (χ0v) is 31.6. The van der Waals surface area contributed by atoms with Gasteiger partial charge in [-0.25, -0.2) is 17.9 Å². The zero-order chi connectivity index (χ0) is 35.5. The molecule has 10 nitrogen and oxygen atoms in total. The van der Waals surface area contributed by atoms with Gasteiger partial charge in [0.15, 0.2) is 0 Å². The van der Waals surface area contributed by atoms with Gasteiger partial charge in [-0.3, -0.25) is 19.0 Å². The van der Waals surface area contributed by atoms with Crippen LogP contribution in [0.15, 0.2) is 70.6 Å². The highest BCUT2D eigenvalue weighted by Crippen LogP contribution is 2.46. The SMILES string of the molecule is CCOc1cc(Cl)c(S(=O)(=O)NC(C)C)cc1C1=N[C@@H](c2ccc(Cl)cc2)[C@@H](c2ccc(Cl)cc2)N1C(=O)N1CCN(CCS(C)=O)CC1. The van der Waals surface area contributed by atoms with Gasteiger partial charge < -0.3 is 9.64 Å². The van der Waals surface area contributed by atoms with Crippen molar-refractivity contribution in [2.24, 2.45) is 4.99 Å². The van der Waals surface area contributed by atoms with Crippen LogP contribution in [-0.4, -0.2) is 96.6 Å². The van der Waals surface area contributed by atoms with Gasteiger partial charge in [-0.1, -0.05) is 59.1 Å². The molecule has 1 N–H and O–H groups in total. The highest BCUT2D eigenvalue weighted by Gasteiger charge is 2.45. The Morgan fingerprint density at radius 3 is 2.12 bits per heavy atom. The molecule has 2 aliphatic rings. The van der Waals surface area contributed by atoms with E-state index >= 15 is 0 Å². The second-order valence-electron chi connectivity index (χ2n) is 12.2. The summed E-state index contributed by atoms with van der Waals surface area (Å²) < 4.78 is 47.4. The molecule has 0 saturated carbocycles. The number of benzene rings is 3. The van der Waals surface area contributed by atoms with Crippen LogP contribution in [-0.2, 0) is 20.8 Å². The average molecular weight is 769 g/mol. The van der Waals surface area contributed by atoms with E-state index in [0.717, 1.165) is 11.1 Å². The minimum atomic E-state index is -4.05. The van der Waals surface area contributed by atoms with E-state index in [9.17, 15) is 17.4 Å². The quantitative estimate of drug-likeness (QED) is 0.242. The summed E-state index contributed by atoms with van der Waals surface area (Å²) in [5.74, 6) is 1.10. The van der Waals surface area contributed by atoms with Gasteiger partial charge in [-0.05, 0) is 62.2 Å². The van der Waals surface area contributed by atoms with Crippen LogP contribution in [0.3, 0.4) is 0 Å². The van der Waals surface area contributed by atoms with Gasteiger partial charge in [0.1, 0.15) is 22.5 Å². The van der Waals surface area contributed by atoms with Gasteiger partial charge in [0.2, 0.25) is 10.0 Å². The molecule has 3 aromatic carbocycles. The van der Waals surface area contributed by atoms with Crippen LogP contribution in [0.1, 0.15) is 49.5 Å². The van der Waals surface area contributed by atoms with Crippen LogP contribution in [0.5, 0.6) is 5.75 Å². The largest absolute Gasteiger partial charge is 0.493 e. The number of aliphatic imine (C=N–C) groups is 1. The molecular weight excluding hydrogens is 729 g/mol. The van der Waals surface area contributed by atoms with Crippen LogP contribution in [0, 0.1) is 0 Å². The van der Waals surface area contributed by atoms with Crippen molar-refractivity contribution in [3.8, 4) is 5.75 Å². The number of amidine groups is 1. The number of nitrogens with one attached hydrogen (secondary N) is 1. The molecule has 264 valence electrons.